The number of carbonyl (C=O) groups excluding carboxylic acids is 3. The lowest BCUT2D eigenvalue weighted by Crippen LogP contribution is -2.54. The third-order valence-electron chi connectivity index (χ3n) is 6.59. The number of nitrogens with one attached hydrogen (secondary N) is 1. The van der Waals surface area contributed by atoms with Gasteiger partial charge >= 0.3 is 5.97 Å². The van der Waals surface area contributed by atoms with Crippen molar-refractivity contribution in [2.45, 2.75) is 25.4 Å². The highest BCUT2D eigenvalue weighted by molar-refractivity contribution is 6.24. The number of benzene rings is 2. The molecular formula is C25H28N2O7. The Bertz CT molecular complexity index is 1120. The van der Waals surface area contributed by atoms with Crippen LogP contribution in [0.4, 0.5) is 5.69 Å². The lowest BCUT2D eigenvalue weighted by molar-refractivity contribution is -0.153. The second-order valence-corrected chi connectivity index (χ2v) is 8.37. The van der Waals surface area contributed by atoms with E-state index in [1.54, 1.807) is 63.4 Å². The van der Waals surface area contributed by atoms with Crippen LogP contribution >= 0.6 is 0 Å². The van der Waals surface area contributed by atoms with Gasteiger partial charge in [0.2, 0.25) is 11.8 Å². The fraction of sp³-hybridized carbons (Fsp3) is 0.400. The first-order chi connectivity index (χ1) is 16.3. The highest BCUT2D eigenvalue weighted by Gasteiger charge is 2.67. The van der Waals surface area contributed by atoms with Gasteiger partial charge in [-0.1, -0.05) is 6.07 Å². The molecule has 180 valence electrons. The fourth-order valence-electron chi connectivity index (χ4n) is 4.94. The molecule has 34 heavy (non-hydrogen) atoms. The number of methoxy groups -OCH3 is 3. The summed E-state index contributed by atoms with van der Waals surface area (Å²) in [7, 11) is 4.59. The second-order valence-electron chi connectivity index (χ2n) is 8.37. The van der Waals surface area contributed by atoms with E-state index in [2.05, 4.69) is 5.32 Å². The number of ether oxygens (including phenoxy) is 4. The van der Waals surface area contributed by atoms with Gasteiger partial charge in [-0.05, 0) is 44.2 Å². The maximum atomic E-state index is 13.7. The van der Waals surface area contributed by atoms with Crippen LogP contribution in [0.1, 0.15) is 25.5 Å². The van der Waals surface area contributed by atoms with E-state index in [0.29, 0.717) is 28.5 Å². The van der Waals surface area contributed by atoms with Crippen molar-refractivity contribution in [3.8, 4) is 17.2 Å². The number of carbonyl (C=O) groups is 3. The molecule has 4 rings (SSSR count). The Kier molecular flexibility index (Phi) is 6.22. The first kappa shape index (κ1) is 23.6. The highest BCUT2D eigenvalue weighted by atomic mass is 16.5. The monoisotopic (exact) mass is 468 g/mol. The molecule has 2 fully saturated rings. The summed E-state index contributed by atoms with van der Waals surface area (Å²) < 4.78 is 21.4. The van der Waals surface area contributed by atoms with Crippen molar-refractivity contribution in [2.75, 3.05) is 32.8 Å². The van der Waals surface area contributed by atoms with Crippen LogP contribution in [-0.4, -0.2) is 51.3 Å². The van der Waals surface area contributed by atoms with Crippen molar-refractivity contribution in [1.82, 2.24) is 5.32 Å². The normalized spacial score (nSPS) is 25.8. The van der Waals surface area contributed by atoms with Crippen LogP contribution in [0.3, 0.4) is 0 Å². The Labute approximate surface area is 197 Å². The number of hydrogen-bond acceptors (Lipinski definition) is 8. The quantitative estimate of drug-likeness (QED) is 0.488. The lowest BCUT2D eigenvalue weighted by Gasteiger charge is -2.29. The summed E-state index contributed by atoms with van der Waals surface area (Å²) in [6, 6.07) is 11.2. The minimum Gasteiger partial charge on any atom is -0.497 e. The molecule has 0 spiro atoms. The molecule has 2 aliphatic rings. The molecule has 4 atom stereocenters. The van der Waals surface area contributed by atoms with Gasteiger partial charge in [0, 0.05) is 17.7 Å². The van der Waals surface area contributed by atoms with Crippen LogP contribution in [0.25, 0.3) is 0 Å². The van der Waals surface area contributed by atoms with Crippen molar-refractivity contribution < 1.29 is 33.3 Å². The van der Waals surface area contributed by atoms with E-state index in [4.69, 9.17) is 18.9 Å². The highest BCUT2D eigenvalue weighted by Crippen LogP contribution is 2.51. The Hall–Kier alpha value is -3.59. The zero-order valence-electron chi connectivity index (χ0n) is 19.8. The van der Waals surface area contributed by atoms with Crippen molar-refractivity contribution in [3.63, 3.8) is 0 Å². The number of nitrogens with zero attached hydrogens (tertiary/aromatic N) is 1. The number of esters is 1. The molecule has 0 aromatic heterocycles. The van der Waals surface area contributed by atoms with E-state index in [9.17, 15) is 14.4 Å². The van der Waals surface area contributed by atoms with Crippen molar-refractivity contribution in [3.05, 3.63) is 48.0 Å². The van der Waals surface area contributed by atoms with Crippen LogP contribution in [0, 0.1) is 11.8 Å². The van der Waals surface area contributed by atoms with Crippen LogP contribution in [0.15, 0.2) is 42.5 Å². The lowest BCUT2D eigenvalue weighted by atomic mass is 9.80. The number of amides is 2. The fourth-order valence-corrected chi connectivity index (χ4v) is 4.94. The van der Waals surface area contributed by atoms with Crippen molar-refractivity contribution >= 4 is 23.5 Å². The number of rotatable bonds is 7. The number of anilines is 1. The standard InChI is InChI=1S/C25H28N2O7/c1-6-34-24(30)25(2)20-19(21(26-25)17-12-11-16(32-4)13-18(17)33-5)22(28)27(23(20)29)14-7-9-15(31-3)10-8-14/h7-13,19-21,26H,6H2,1-5H3/t19-,20-,21+,25+/m0/s1. The maximum absolute atomic E-state index is 13.7. The van der Waals surface area contributed by atoms with E-state index in [1.807, 2.05) is 0 Å². The minimum atomic E-state index is -1.41. The van der Waals surface area contributed by atoms with Gasteiger partial charge in [0.25, 0.3) is 0 Å². The topological polar surface area (TPSA) is 103 Å². The van der Waals surface area contributed by atoms with E-state index >= 15 is 0 Å². The Morgan fingerprint density at radius 3 is 2.21 bits per heavy atom. The van der Waals surface area contributed by atoms with Crippen LogP contribution in [-0.2, 0) is 19.1 Å². The predicted molar refractivity (Wildman–Crippen MR) is 123 cm³/mol. The van der Waals surface area contributed by atoms with Gasteiger partial charge in [-0.3, -0.25) is 19.7 Å². The largest absolute Gasteiger partial charge is 0.497 e. The molecule has 1 N–H and O–H groups in total. The van der Waals surface area contributed by atoms with Gasteiger partial charge in [0.1, 0.15) is 22.8 Å². The molecule has 2 aromatic rings. The SMILES string of the molecule is CCOC(=O)[C@]1(C)N[C@H](c2ccc(OC)cc2OC)[C@H]2C(=O)N(c3ccc(OC)cc3)C(=O)[C@H]21. The molecule has 0 aliphatic carbocycles. The molecule has 2 amide bonds. The van der Waals surface area contributed by atoms with Gasteiger partial charge < -0.3 is 18.9 Å². The molecule has 0 saturated carbocycles. The summed E-state index contributed by atoms with van der Waals surface area (Å²) in [5.74, 6) is -1.59. The first-order valence-corrected chi connectivity index (χ1v) is 11.0. The molecule has 9 heteroatoms. The summed E-state index contributed by atoms with van der Waals surface area (Å²) in [6.07, 6.45) is 0. The summed E-state index contributed by atoms with van der Waals surface area (Å²) in [4.78, 5) is 41.7. The molecule has 0 bridgehead atoms. The zero-order valence-corrected chi connectivity index (χ0v) is 19.8. The summed E-state index contributed by atoms with van der Waals surface area (Å²) >= 11 is 0. The maximum Gasteiger partial charge on any atom is 0.326 e. The molecule has 2 saturated heterocycles. The van der Waals surface area contributed by atoms with E-state index in [1.165, 1.54) is 14.2 Å². The summed E-state index contributed by atoms with van der Waals surface area (Å²) in [5.41, 5.74) is -0.356. The molecule has 0 radical (unpaired) electrons. The molecule has 2 aliphatic heterocycles. The van der Waals surface area contributed by atoms with Crippen LogP contribution in [0.2, 0.25) is 0 Å². The smallest absolute Gasteiger partial charge is 0.326 e. The number of hydrogen-bond donors (Lipinski definition) is 1. The minimum absolute atomic E-state index is 0.147. The van der Waals surface area contributed by atoms with Crippen LogP contribution in [0.5, 0.6) is 17.2 Å². The summed E-state index contributed by atoms with van der Waals surface area (Å²) in [5, 5.41) is 3.25. The van der Waals surface area contributed by atoms with Gasteiger partial charge in [0.05, 0.1) is 45.5 Å². The van der Waals surface area contributed by atoms with Gasteiger partial charge in [0.15, 0.2) is 0 Å². The average molecular weight is 469 g/mol. The second kappa shape index (κ2) is 8.98. The predicted octanol–water partition coefficient (Wildman–Crippen LogP) is 2.48. The number of fused-ring (bicyclic) bond motifs is 1. The molecule has 0 unspecified atom stereocenters. The van der Waals surface area contributed by atoms with Crippen molar-refractivity contribution in [2.24, 2.45) is 11.8 Å². The Morgan fingerprint density at radius 2 is 1.62 bits per heavy atom. The third kappa shape index (κ3) is 3.56. The average Bonchev–Trinajstić information content (AvgIpc) is 3.32. The van der Waals surface area contributed by atoms with Gasteiger partial charge in [-0.2, -0.15) is 0 Å². The first-order valence-electron chi connectivity index (χ1n) is 11.0. The molecular weight excluding hydrogens is 440 g/mol. The van der Waals surface area contributed by atoms with Gasteiger partial charge in [-0.25, -0.2) is 4.90 Å². The van der Waals surface area contributed by atoms with E-state index in [0.717, 1.165) is 4.90 Å². The third-order valence-corrected chi connectivity index (χ3v) is 6.59. The van der Waals surface area contributed by atoms with E-state index < -0.39 is 41.2 Å². The summed E-state index contributed by atoms with van der Waals surface area (Å²) in [6.45, 7) is 3.46. The van der Waals surface area contributed by atoms with E-state index in [-0.39, 0.29) is 6.61 Å². The van der Waals surface area contributed by atoms with Gasteiger partial charge in [-0.15, -0.1) is 0 Å². The molecule has 2 heterocycles. The van der Waals surface area contributed by atoms with Crippen molar-refractivity contribution in [1.29, 1.82) is 0 Å². The van der Waals surface area contributed by atoms with Crippen LogP contribution < -0.4 is 24.4 Å². The molecule has 2 aromatic carbocycles. The Morgan fingerprint density at radius 1 is 0.971 bits per heavy atom. The number of imide groups is 1. The molecule has 9 nitrogen and oxygen atoms in total. The zero-order chi connectivity index (χ0) is 24.6. The Balaban J connectivity index is 1.82.